The molecule has 0 aromatic rings. The fourth-order valence-corrected chi connectivity index (χ4v) is 7.10. The van der Waals surface area contributed by atoms with Gasteiger partial charge in [-0.25, -0.2) is 0 Å². The highest BCUT2D eigenvalue weighted by Gasteiger charge is 2.19. The van der Waals surface area contributed by atoms with Crippen LogP contribution in [0.2, 0.25) is 0 Å². The topological polar surface area (TPSA) is 78.9 Å². The van der Waals surface area contributed by atoms with Crippen LogP contribution in [0.1, 0.15) is 245 Å². The summed E-state index contributed by atoms with van der Waals surface area (Å²) < 4.78 is 16.8. The van der Waals surface area contributed by atoms with Crippen LogP contribution in [0.25, 0.3) is 0 Å². The maximum absolute atomic E-state index is 12.8. The number of unbranched alkanes of at least 4 members (excludes halogenated alkanes) is 22. The first-order valence-electron chi connectivity index (χ1n) is 26.6. The predicted octanol–water partition coefficient (Wildman–Crippen LogP) is 17.6. The van der Waals surface area contributed by atoms with Gasteiger partial charge in [0.2, 0.25) is 0 Å². The molecule has 0 amide bonds. The van der Waals surface area contributed by atoms with Gasteiger partial charge in [0.1, 0.15) is 13.2 Å². The lowest BCUT2D eigenvalue weighted by atomic mass is 10.1. The summed E-state index contributed by atoms with van der Waals surface area (Å²) in [5.41, 5.74) is 0. The van der Waals surface area contributed by atoms with Crippen molar-refractivity contribution in [3.63, 3.8) is 0 Å². The van der Waals surface area contributed by atoms with Crippen molar-refractivity contribution < 1.29 is 28.6 Å². The summed E-state index contributed by atoms with van der Waals surface area (Å²) in [5.74, 6) is -0.943. The Hall–Kier alpha value is -3.41. The summed E-state index contributed by atoms with van der Waals surface area (Å²) in [6.07, 6.45) is 67.0. The number of esters is 3. The van der Waals surface area contributed by atoms with Crippen molar-refractivity contribution in [2.75, 3.05) is 13.2 Å². The van der Waals surface area contributed by atoms with Crippen molar-refractivity contribution in [3.05, 3.63) is 85.1 Å². The van der Waals surface area contributed by atoms with Gasteiger partial charge >= 0.3 is 17.9 Å². The standard InChI is InChI=1S/C58H98O6/c1-4-7-10-13-16-19-22-25-28-29-31-33-36-39-42-45-48-51-57(60)63-54-55(53-62-56(59)50-47-44-41-38-35-32-27-24-21-18-15-12-9-6-3)64-58(61)52-49-46-43-40-37-34-30-26-23-20-17-14-11-8-5-2/h8,11,16-17,19-20,24-28,30-31,33,55H,4-7,9-10,12-15,18,21-23,29,32,34-54H2,1-3H3/b11-8-,19-16-,20-17-,27-24-,28-25-,30-26-,33-31-/t55-/m1/s1. The van der Waals surface area contributed by atoms with E-state index in [1.165, 1.54) is 77.0 Å². The van der Waals surface area contributed by atoms with Crippen LogP contribution < -0.4 is 0 Å². The molecule has 6 nitrogen and oxygen atoms in total. The summed E-state index contributed by atoms with van der Waals surface area (Å²) in [7, 11) is 0. The molecule has 0 aliphatic rings. The van der Waals surface area contributed by atoms with Gasteiger partial charge < -0.3 is 14.2 Å². The predicted molar refractivity (Wildman–Crippen MR) is 274 cm³/mol. The van der Waals surface area contributed by atoms with Gasteiger partial charge in [-0.05, 0) is 116 Å². The van der Waals surface area contributed by atoms with Crippen LogP contribution in [-0.4, -0.2) is 37.2 Å². The lowest BCUT2D eigenvalue weighted by Crippen LogP contribution is -2.30. The van der Waals surface area contributed by atoms with Crippen LogP contribution in [0.5, 0.6) is 0 Å². The average molecular weight is 891 g/mol. The van der Waals surface area contributed by atoms with Gasteiger partial charge in [0.15, 0.2) is 6.10 Å². The largest absolute Gasteiger partial charge is 0.462 e. The maximum Gasteiger partial charge on any atom is 0.306 e. The van der Waals surface area contributed by atoms with Crippen LogP contribution in [-0.2, 0) is 28.6 Å². The number of rotatable bonds is 47. The minimum Gasteiger partial charge on any atom is -0.462 e. The molecule has 0 saturated carbocycles. The van der Waals surface area contributed by atoms with Crippen molar-refractivity contribution in [3.8, 4) is 0 Å². The van der Waals surface area contributed by atoms with Gasteiger partial charge in [-0.15, -0.1) is 0 Å². The molecule has 0 aromatic heterocycles. The van der Waals surface area contributed by atoms with Crippen LogP contribution in [0.4, 0.5) is 0 Å². The van der Waals surface area contributed by atoms with Crippen molar-refractivity contribution in [2.45, 2.75) is 252 Å². The lowest BCUT2D eigenvalue weighted by molar-refractivity contribution is -0.167. The van der Waals surface area contributed by atoms with Crippen LogP contribution in [0, 0.1) is 0 Å². The van der Waals surface area contributed by atoms with Gasteiger partial charge in [-0.2, -0.15) is 0 Å². The third-order valence-electron chi connectivity index (χ3n) is 11.1. The molecule has 1 atom stereocenters. The van der Waals surface area contributed by atoms with E-state index in [0.717, 1.165) is 128 Å². The van der Waals surface area contributed by atoms with E-state index in [1.807, 2.05) is 0 Å². The number of hydrogen-bond donors (Lipinski definition) is 0. The molecule has 6 heteroatoms. The molecular weight excluding hydrogens is 793 g/mol. The molecule has 0 bridgehead atoms. The van der Waals surface area contributed by atoms with Gasteiger partial charge in [0.05, 0.1) is 0 Å². The molecule has 0 unspecified atom stereocenters. The van der Waals surface area contributed by atoms with Gasteiger partial charge in [0, 0.05) is 19.3 Å². The molecule has 0 N–H and O–H groups in total. The SMILES string of the molecule is CC/C=C\C/C=C\C/C=C\CCCCCCCC(=O)O[C@@H](COC(=O)CCCCCC/C=C\C/C=C\C/C=C\CCCCC)COC(=O)CCCCCCC/C=C\CCCCCCC. The van der Waals surface area contributed by atoms with E-state index in [-0.39, 0.29) is 31.1 Å². The summed E-state index contributed by atoms with van der Waals surface area (Å²) in [4.78, 5) is 38.0. The van der Waals surface area contributed by atoms with Gasteiger partial charge in [-0.1, -0.05) is 196 Å². The fourth-order valence-electron chi connectivity index (χ4n) is 7.10. The van der Waals surface area contributed by atoms with Crippen molar-refractivity contribution in [1.29, 1.82) is 0 Å². The lowest BCUT2D eigenvalue weighted by Gasteiger charge is -2.18. The zero-order valence-corrected chi connectivity index (χ0v) is 41.8. The first kappa shape index (κ1) is 60.6. The second-order valence-electron chi connectivity index (χ2n) is 17.4. The highest BCUT2D eigenvalue weighted by molar-refractivity contribution is 5.71. The summed E-state index contributed by atoms with van der Waals surface area (Å²) in [5, 5.41) is 0. The third kappa shape index (κ3) is 49.6. The van der Waals surface area contributed by atoms with E-state index < -0.39 is 6.10 Å². The molecule has 0 rings (SSSR count). The average Bonchev–Trinajstić information content (AvgIpc) is 3.29. The quantitative estimate of drug-likeness (QED) is 0.0262. The van der Waals surface area contributed by atoms with Crippen LogP contribution in [0.15, 0.2) is 85.1 Å². The van der Waals surface area contributed by atoms with Gasteiger partial charge in [0.25, 0.3) is 0 Å². The highest BCUT2D eigenvalue weighted by atomic mass is 16.6. The Bertz CT molecular complexity index is 1250. The Morgan fingerprint density at radius 2 is 0.609 bits per heavy atom. The van der Waals surface area contributed by atoms with Crippen LogP contribution >= 0.6 is 0 Å². The second-order valence-corrected chi connectivity index (χ2v) is 17.4. The molecule has 0 aromatic carbocycles. The molecule has 0 saturated heterocycles. The zero-order chi connectivity index (χ0) is 46.5. The van der Waals surface area contributed by atoms with E-state index in [0.29, 0.717) is 19.3 Å². The Kier molecular flexibility index (Phi) is 49.4. The van der Waals surface area contributed by atoms with Crippen LogP contribution in [0.3, 0.4) is 0 Å². The Balaban J connectivity index is 4.47. The third-order valence-corrected chi connectivity index (χ3v) is 11.1. The number of carbonyl (C=O) groups excluding carboxylic acids is 3. The maximum atomic E-state index is 12.8. The molecular formula is C58H98O6. The summed E-state index contributed by atoms with van der Waals surface area (Å²) in [6.45, 7) is 6.45. The molecule has 0 spiro atoms. The Morgan fingerprint density at radius 1 is 0.328 bits per heavy atom. The molecule has 366 valence electrons. The molecule has 0 heterocycles. The number of carbonyl (C=O) groups is 3. The van der Waals surface area contributed by atoms with Gasteiger partial charge in [-0.3, -0.25) is 14.4 Å². The molecule has 0 fully saturated rings. The fraction of sp³-hybridized carbons (Fsp3) is 0.707. The van der Waals surface area contributed by atoms with Crippen molar-refractivity contribution >= 4 is 17.9 Å². The molecule has 64 heavy (non-hydrogen) atoms. The van der Waals surface area contributed by atoms with E-state index in [4.69, 9.17) is 14.2 Å². The number of ether oxygens (including phenoxy) is 3. The van der Waals surface area contributed by atoms with E-state index in [1.54, 1.807) is 0 Å². The Labute approximate surface area is 395 Å². The van der Waals surface area contributed by atoms with E-state index in [2.05, 4.69) is 106 Å². The monoisotopic (exact) mass is 891 g/mol. The second kappa shape index (κ2) is 52.2. The van der Waals surface area contributed by atoms with E-state index in [9.17, 15) is 14.4 Å². The zero-order valence-electron chi connectivity index (χ0n) is 41.8. The van der Waals surface area contributed by atoms with Crippen molar-refractivity contribution in [2.24, 2.45) is 0 Å². The molecule has 0 aliphatic heterocycles. The molecule has 0 aliphatic carbocycles. The molecule has 0 radical (unpaired) electrons. The van der Waals surface area contributed by atoms with E-state index >= 15 is 0 Å². The number of allylic oxidation sites excluding steroid dienone is 14. The summed E-state index contributed by atoms with van der Waals surface area (Å²) in [6, 6.07) is 0. The minimum absolute atomic E-state index is 0.0957. The normalized spacial score (nSPS) is 12.7. The smallest absolute Gasteiger partial charge is 0.306 e. The first-order valence-corrected chi connectivity index (χ1v) is 26.6. The minimum atomic E-state index is -0.798. The highest BCUT2D eigenvalue weighted by Crippen LogP contribution is 2.13. The first-order chi connectivity index (χ1) is 31.5. The summed E-state index contributed by atoms with van der Waals surface area (Å²) >= 11 is 0. The van der Waals surface area contributed by atoms with Crippen molar-refractivity contribution in [1.82, 2.24) is 0 Å². The Morgan fingerprint density at radius 3 is 1.00 bits per heavy atom. The number of hydrogen-bond acceptors (Lipinski definition) is 6.